The van der Waals surface area contributed by atoms with Gasteiger partial charge in [-0.2, -0.15) is 0 Å². The Morgan fingerprint density at radius 3 is 2.65 bits per heavy atom. The number of anilines is 1. The van der Waals surface area contributed by atoms with Gasteiger partial charge >= 0.3 is 6.03 Å². The molecule has 3 N–H and O–H groups in total. The number of hydrogen-bond acceptors (Lipinski definition) is 2. The van der Waals surface area contributed by atoms with Crippen molar-refractivity contribution in [1.82, 2.24) is 5.32 Å². The molecule has 0 aromatic heterocycles. The van der Waals surface area contributed by atoms with E-state index in [9.17, 15) is 9.90 Å². The molecule has 4 nitrogen and oxygen atoms in total. The van der Waals surface area contributed by atoms with Crippen LogP contribution in [-0.4, -0.2) is 16.7 Å². The Hall–Kier alpha value is -1.55. The molecule has 110 valence electrons. The van der Waals surface area contributed by atoms with Gasteiger partial charge in [-0.3, -0.25) is 0 Å². The summed E-state index contributed by atoms with van der Waals surface area (Å²) in [5, 5.41) is 15.5. The first kappa shape index (κ1) is 14.9. The van der Waals surface area contributed by atoms with Gasteiger partial charge in [0.05, 0.1) is 6.10 Å². The first-order valence-electron chi connectivity index (χ1n) is 7.36. The Morgan fingerprint density at radius 2 is 2.00 bits per heavy atom. The number of urea groups is 1. The summed E-state index contributed by atoms with van der Waals surface area (Å²) in [7, 11) is 0. The standard InChI is InChI=1S/C16H24N2O2/c1-12(19)13-7-6-8-14(11-13)17-15(20)18-16(2)9-4-3-5-10-16/h6-8,11-12,19H,3-5,9-10H2,1-2H3,(H2,17,18,20). The lowest BCUT2D eigenvalue weighted by molar-refractivity contribution is 0.199. The molecule has 0 heterocycles. The maximum atomic E-state index is 12.1. The van der Waals surface area contributed by atoms with Gasteiger partial charge in [0.1, 0.15) is 0 Å². The number of carbonyl (C=O) groups excluding carboxylic acids is 1. The van der Waals surface area contributed by atoms with Gasteiger partial charge in [-0.25, -0.2) is 4.79 Å². The molecule has 0 bridgehead atoms. The van der Waals surface area contributed by atoms with Crippen molar-refractivity contribution >= 4 is 11.7 Å². The second kappa shape index (κ2) is 6.27. The summed E-state index contributed by atoms with van der Waals surface area (Å²) >= 11 is 0. The van der Waals surface area contributed by atoms with Crippen molar-refractivity contribution in [3.05, 3.63) is 29.8 Å². The molecule has 1 saturated carbocycles. The van der Waals surface area contributed by atoms with Crippen LogP contribution in [0, 0.1) is 0 Å². The summed E-state index contributed by atoms with van der Waals surface area (Å²) in [5.74, 6) is 0. The van der Waals surface area contributed by atoms with Crippen molar-refractivity contribution in [3.8, 4) is 0 Å². The molecular weight excluding hydrogens is 252 g/mol. The highest BCUT2D eigenvalue weighted by atomic mass is 16.3. The zero-order valence-electron chi connectivity index (χ0n) is 12.3. The quantitative estimate of drug-likeness (QED) is 0.790. The second-order valence-electron chi connectivity index (χ2n) is 6.00. The lowest BCUT2D eigenvalue weighted by atomic mass is 9.83. The number of nitrogens with one attached hydrogen (secondary N) is 2. The zero-order chi connectivity index (χ0) is 14.6. The van der Waals surface area contributed by atoms with Crippen LogP contribution in [0.25, 0.3) is 0 Å². The fraction of sp³-hybridized carbons (Fsp3) is 0.562. The molecule has 2 rings (SSSR count). The minimum Gasteiger partial charge on any atom is -0.389 e. The van der Waals surface area contributed by atoms with Crippen LogP contribution >= 0.6 is 0 Å². The normalized spacial score (nSPS) is 19.1. The number of amides is 2. The SMILES string of the molecule is CC(O)c1cccc(NC(=O)NC2(C)CCCCC2)c1. The van der Waals surface area contributed by atoms with Gasteiger partial charge in [0.15, 0.2) is 0 Å². The first-order valence-corrected chi connectivity index (χ1v) is 7.36. The molecule has 20 heavy (non-hydrogen) atoms. The molecule has 1 unspecified atom stereocenters. The number of carbonyl (C=O) groups is 1. The minimum absolute atomic E-state index is 0.0930. The Labute approximate surface area is 120 Å². The maximum absolute atomic E-state index is 12.1. The van der Waals surface area contributed by atoms with Crippen molar-refractivity contribution in [1.29, 1.82) is 0 Å². The number of benzene rings is 1. The highest BCUT2D eigenvalue weighted by molar-refractivity contribution is 5.89. The monoisotopic (exact) mass is 276 g/mol. The topological polar surface area (TPSA) is 61.4 Å². The van der Waals surface area contributed by atoms with Gasteiger partial charge in [-0.1, -0.05) is 31.4 Å². The highest BCUT2D eigenvalue weighted by Crippen LogP contribution is 2.27. The predicted molar refractivity (Wildman–Crippen MR) is 80.7 cm³/mol. The molecule has 0 radical (unpaired) electrons. The van der Waals surface area contributed by atoms with Gasteiger partial charge in [0.25, 0.3) is 0 Å². The van der Waals surface area contributed by atoms with Crippen LogP contribution in [-0.2, 0) is 0 Å². The highest BCUT2D eigenvalue weighted by Gasteiger charge is 2.28. The summed E-state index contributed by atoms with van der Waals surface area (Å²) in [6.07, 6.45) is 5.15. The van der Waals surface area contributed by atoms with E-state index in [0.29, 0.717) is 5.69 Å². The number of rotatable bonds is 3. The van der Waals surface area contributed by atoms with E-state index in [1.54, 1.807) is 13.0 Å². The van der Waals surface area contributed by atoms with E-state index in [4.69, 9.17) is 0 Å². The van der Waals surface area contributed by atoms with Crippen molar-refractivity contribution in [2.75, 3.05) is 5.32 Å². The number of aliphatic hydroxyl groups is 1. The van der Waals surface area contributed by atoms with Crippen molar-refractivity contribution in [2.24, 2.45) is 0 Å². The molecule has 4 heteroatoms. The molecule has 1 aliphatic carbocycles. The van der Waals surface area contributed by atoms with E-state index in [2.05, 4.69) is 17.6 Å². The third kappa shape index (κ3) is 3.97. The lowest BCUT2D eigenvalue weighted by Gasteiger charge is -2.34. The summed E-state index contributed by atoms with van der Waals surface area (Å²) in [4.78, 5) is 12.1. The molecule has 1 aromatic rings. The molecule has 1 fully saturated rings. The fourth-order valence-corrected chi connectivity index (χ4v) is 2.77. The van der Waals surface area contributed by atoms with Gasteiger partial charge in [0.2, 0.25) is 0 Å². The first-order chi connectivity index (χ1) is 9.48. The van der Waals surface area contributed by atoms with E-state index in [1.807, 2.05) is 18.2 Å². The average molecular weight is 276 g/mol. The van der Waals surface area contributed by atoms with E-state index >= 15 is 0 Å². The second-order valence-corrected chi connectivity index (χ2v) is 6.00. The molecule has 2 amide bonds. The van der Waals surface area contributed by atoms with E-state index in [-0.39, 0.29) is 11.6 Å². The van der Waals surface area contributed by atoms with Crippen LogP contribution in [0.1, 0.15) is 57.6 Å². The largest absolute Gasteiger partial charge is 0.389 e. The molecule has 0 saturated heterocycles. The van der Waals surface area contributed by atoms with Crippen LogP contribution in [0.4, 0.5) is 10.5 Å². The van der Waals surface area contributed by atoms with Gasteiger partial charge in [-0.15, -0.1) is 0 Å². The summed E-state index contributed by atoms with van der Waals surface area (Å²) in [6.45, 7) is 3.82. The van der Waals surface area contributed by atoms with Crippen LogP contribution in [0.5, 0.6) is 0 Å². The van der Waals surface area contributed by atoms with Crippen LogP contribution < -0.4 is 10.6 Å². The third-order valence-electron chi connectivity index (χ3n) is 4.00. The summed E-state index contributed by atoms with van der Waals surface area (Å²) < 4.78 is 0. The lowest BCUT2D eigenvalue weighted by Crippen LogP contribution is -2.48. The Morgan fingerprint density at radius 1 is 1.30 bits per heavy atom. The Balaban J connectivity index is 1.95. The third-order valence-corrected chi connectivity index (χ3v) is 4.00. The molecule has 1 aromatic carbocycles. The van der Waals surface area contributed by atoms with Gasteiger partial charge in [-0.05, 0) is 44.4 Å². The summed E-state index contributed by atoms with van der Waals surface area (Å²) in [5.41, 5.74) is 1.41. The average Bonchev–Trinajstić information content (AvgIpc) is 2.39. The number of aliphatic hydroxyl groups excluding tert-OH is 1. The van der Waals surface area contributed by atoms with E-state index in [0.717, 1.165) is 18.4 Å². The van der Waals surface area contributed by atoms with Gasteiger partial charge in [0, 0.05) is 11.2 Å². The Bertz CT molecular complexity index is 465. The smallest absolute Gasteiger partial charge is 0.319 e. The molecule has 0 aliphatic heterocycles. The Kier molecular flexibility index (Phi) is 4.65. The van der Waals surface area contributed by atoms with Crippen LogP contribution in [0.3, 0.4) is 0 Å². The number of hydrogen-bond donors (Lipinski definition) is 3. The maximum Gasteiger partial charge on any atom is 0.319 e. The van der Waals surface area contributed by atoms with E-state index < -0.39 is 6.10 Å². The van der Waals surface area contributed by atoms with Crippen molar-refractivity contribution in [3.63, 3.8) is 0 Å². The van der Waals surface area contributed by atoms with Crippen molar-refractivity contribution in [2.45, 2.75) is 57.6 Å². The molecular formula is C16H24N2O2. The summed E-state index contributed by atoms with van der Waals surface area (Å²) in [6, 6.07) is 7.13. The van der Waals surface area contributed by atoms with Crippen molar-refractivity contribution < 1.29 is 9.90 Å². The molecule has 0 spiro atoms. The van der Waals surface area contributed by atoms with Crippen LogP contribution in [0.15, 0.2) is 24.3 Å². The zero-order valence-corrected chi connectivity index (χ0v) is 12.3. The fourth-order valence-electron chi connectivity index (χ4n) is 2.77. The predicted octanol–water partition coefficient (Wildman–Crippen LogP) is 3.58. The van der Waals surface area contributed by atoms with E-state index in [1.165, 1.54) is 19.3 Å². The van der Waals surface area contributed by atoms with Crippen LogP contribution in [0.2, 0.25) is 0 Å². The molecule has 1 aliphatic rings. The molecule has 1 atom stereocenters. The van der Waals surface area contributed by atoms with Gasteiger partial charge < -0.3 is 15.7 Å². The minimum atomic E-state index is -0.532.